The van der Waals surface area contributed by atoms with Gasteiger partial charge >= 0.3 is 0 Å². The highest BCUT2D eigenvalue weighted by Gasteiger charge is 1.97. The van der Waals surface area contributed by atoms with E-state index in [1.165, 1.54) is 0 Å². The van der Waals surface area contributed by atoms with Gasteiger partial charge in [-0.1, -0.05) is 0 Å². The minimum atomic E-state index is 0.626. The van der Waals surface area contributed by atoms with Crippen LogP contribution in [0.2, 0.25) is 0 Å². The van der Waals surface area contributed by atoms with Crippen LogP contribution in [0.1, 0.15) is 5.69 Å². The van der Waals surface area contributed by atoms with E-state index in [-0.39, 0.29) is 0 Å². The monoisotopic (exact) mass is 177 g/mol. The van der Waals surface area contributed by atoms with E-state index in [9.17, 15) is 0 Å². The van der Waals surface area contributed by atoms with Gasteiger partial charge in [0.15, 0.2) is 0 Å². The molecule has 0 radical (unpaired) electrons. The van der Waals surface area contributed by atoms with E-state index in [4.69, 9.17) is 5.73 Å². The molecule has 0 amide bonds. The Morgan fingerprint density at radius 3 is 2.92 bits per heavy atom. The lowest BCUT2D eigenvalue weighted by atomic mass is 10.3. The first-order valence-electron chi connectivity index (χ1n) is 4.11. The van der Waals surface area contributed by atoms with Gasteiger partial charge in [0.25, 0.3) is 0 Å². The van der Waals surface area contributed by atoms with Crippen LogP contribution in [-0.2, 0) is 6.42 Å². The topological polar surface area (TPSA) is 61.7 Å². The SMILES string of the molecule is NCCc1cn(-n2ccnc2)cn1. The van der Waals surface area contributed by atoms with Crippen molar-refractivity contribution >= 4 is 0 Å². The molecule has 0 spiro atoms. The van der Waals surface area contributed by atoms with Crippen LogP contribution in [0.5, 0.6) is 0 Å². The first-order chi connectivity index (χ1) is 6.40. The van der Waals surface area contributed by atoms with Crippen LogP contribution >= 0.6 is 0 Å². The standard InChI is InChI=1S/C8H11N5/c9-2-1-8-5-13(7-11-8)12-4-3-10-6-12/h3-7H,1-2,9H2. The Balaban J connectivity index is 2.23. The summed E-state index contributed by atoms with van der Waals surface area (Å²) in [5, 5.41) is 0. The molecule has 0 bridgehead atoms. The molecule has 0 saturated carbocycles. The molecule has 0 aliphatic heterocycles. The summed E-state index contributed by atoms with van der Waals surface area (Å²) in [6, 6.07) is 0. The highest BCUT2D eigenvalue weighted by molar-refractivity contribution is 4.98. The van der Waals surface area contributed by atoms with Gasteiger partial charge in [-0.25, -0.2) is 19.3 Å². The normalized spacial score (nSPS) is 10.5. The number of nitrogens with two attached hydrogens (primary N) is 1. The fraction of sp³-hybridized carbons (Fsp3) is 0.250. The molecule has 5 nitrogen and oxygen atoms in total. The quantitative estimate of drug-likeness (QED) is 0.711. The highest BCUT2D eigenvalue weighted by atomic mass is 15.5. The predicted molar refractivity (Wildman–Crippen MR) is 48.0 cm³/mol. The second-order valence-electron chi connectivity index (χ2n) is 2.73. The number of imidazole rings is 2. The van der Waals surface area contributed by atoms with Gasteiger partial charge in [0, 0.05) is 18.8 Å². The Kier molecular flexibility index (Phi) is 2.09. The number of aromatic nitrogens is 4. The Hall–Kier alpha value is -1.62. The Labute approximate surface area is 75.8 Å². The lowest BCUT2D eigenvalue weighted by molar-refractivity contribution is 0.656. The van der Waals surface area contributed by atoms with E-state index >= 15 is 0 Å². The van der Waals surface area contributed by atoms with Gasteiger partial charge in [0.05, 0.1) is 11.9 Å². The third-order valence-electron chi connectivity index (χ3n) is 1.78. The molecule has 2 aromatic rings. The molecular weight excluding hydrogens is 166 g/mol. The van der Waals surface area contributed by atoms with Crippen molar-refractivity contribution in [2.75, 3.05) is 6.54 Å². The Morgan fingerprint density at radius 1 is 1.31 bits per heavy atom. The van der Waals surface area contributed by atoms with E-state index in [0.717, 1.165) is 12.1 Å². The lowest BCUT2D eigenvalue weighted by Crippen LogP contribution is -2.04. The van der Waals surface area contributed by atoms with Gasteiger partial charge in [-0.3, -0.25) is 0 Å². The summed E-state index contributed by atoms with van der Waals surface area (Å²) in [5.41, 5.74) is 6.42. The number of rotatable bonds is 3. The maximum absolute atomic E-state index is 5.42. The van der Waals surface area contributed by atoms with Gasteiger partial charge in [0.1, 0.15) is 12.7 Å². The van der Waals surface area contributed by atoms with Crippen molar-refractivity contribution in [3.05, 3.63) is 36.9 Å². The predicted octanol–water partition coefficient (Wildman–Crippen LogP) is -0.108. The van der Waals surface area contributed by atoms with Crippen molar-refractivity contribution in [1.82, 2.24) is 19.3 Å². The van der Waals surface area contributed by atoms with E-state index < -0.39 is 0 Å². The number of hydrogen-bond donors (Lipinski definition) is 1. The van der Waals surface area contributed by atoms with Crippen LogP contribution < -0.4 is 5.73 Å². The first kappa shape index (κ1) is 8.00. The molecule has 13 heavy (non-hydrogen) atoms. The first-order valence-corrected chi connectivity index (χ1v) is 4.11. The van der Waals surface area contributed by atoms with Crippen molar-refractivity contribution < 1.29 is 0 Å². The van der Waals surface area contributed by atoms with Crippen LogP contribution in [0.3, 0.4) is 0 Å². The minimum Gasteiger partial charge on any atom is -0.330 e. The Morgan fingerprint density at radius 2 is 2.23 bits per heavy atom. The zero-order valence-electron chi connectivity index (χ0n) is 7.17. The summed E-state index contributed by atoms with van der Waals surface area (Å²) in [6.45, 7) is 0.626. The van der Waals surface area contributed by atoms with E-state index in [0.29, 0.717) is 6.54 Å². The largest absolute Gasteiger partial charge is 0.330 e. The fourth-order valence-electron chi connectivity index (χ4n) is 1.14. The molecule has 0 fully saturated rings. The molecule has 0 saturated heterocycles. The molecule has 68 valence electrons. The molecule has 2 heterocycles. The minimum absolute atomic E-state index is 0.626. The molecule has 0 aliphatic rings. The lowest BCUT2D eigenvalue weighted by Gasteiger charge is -1.99. The molecular formula is C8H11N5. The van der Waals surface area contributed by atoms with E-state index in [1.54, 1.807) is 18.9 Å². The summed E-state index contributed by atoms with van der Waals surface area (Å²) in [4.78, 5) is 8.14. The van der Waals surface area contributed by atoms with Crippen LogP contribution in [0.15, 0.2) is 31.2 Å². The summed E-state index contributed by atoms with van der Waals surface area (Å²) >= 11 is 0. The summed E-state index contributed by atoms with van der Waals surface area (Å²) in [7, 11) is 0. The van der Waals surface area contributed by atoms with E-state index in [2.05, 4.69) is 9.97 Å². The maximum atomic E-state index is 5.42. The molecule has 2 aromatic heterocycles. The highest BCUT2D eigenvalue weighted by Crippen LogP contribution is 1.97. The zero-order valence-corrected chi connectivity index (χ0v) is 7.17. The second kappa shape index (κ2) is 3.40. The van der Waals surface area contributed by atoms with Crippen molar-refractivity contribution in [2.45, 2.75) is 6.42 Å². The Bertz CT molecular complexity index is 362. The average molecular weight is 177 g/mol. The number of hydrogen-bond acceptors (Lipinski definition) is 3. The van der Waals surface area contributed by atoms with E-state index in [1.807, 2.05) is 21.7 Å². The van der Waals surface area contributed by atoms with Crippen LogP contribution in [0.25, 0.3) is 0 Å². The fourth-order valence-corrected chi connectivity index (χ4v) is 1.14. The van der Waals surface area contributed by atoms with Gasteiger partial charge in [-0.2, -0.15) is 0 Å². The molecule has 5 heteroatoms. The van der Waals surface area contributed by atoms with Gasteiger partial charge in [-0.05, 0) is 6.54 Å². The summed E-state index contributed by atoms with van der Waals surface area (Å²) in [5.74, 6) is 0. The van der Waals surface area contributed by atoms with Crippen LogP contribution in [-0.4, -0.2) is 25.9 Å². The van der Waals surface area contributed by atoms with Gasteiger partial charge in [-0.15, -0.1) is 0 Å². The van der Waals surface area contributed by atoms with Crippen molar-refractivity contribution in [2.24, 2.45) is 5.73 Å². The third-order valence-corrected chi connectivity index (χ3v) is 1.78. The summed E-state index contributed by atoms with van der Waals surface area (Å²) in [6.07, 6.45) is 9.79. The zero-order chi connectivity index (χ0) is 9.10. The van der Waals surface area contributed by atoms with Crippen LogP contribution in [0, 0.1) is 0 Å². The molecule has 0 unspecified atom stereocenters. The maximum Gasteiger partial charge on any atom is 0.115 e. The van der Waals surface area contributed by atoms with Crippen LogP contribution in [0.4, 0.5) is 0 Å². The molecule has 0 aliphatic carbocycles. The van der Waals surface area contributed by atoms with Crippen molar-refractivity contribution in [3.63, 3.8) is 0 Å². The molecule has 0 aromatic carbocycles. The molecule has 0 atom stereocenters. The second-order valence-corrected chi connectivity index (χ2v) is 2.73. The van der Waals surface area contributed by atoms with Gasteiger partial charge in [0.2, 0.25) is 0 Å². The molecule has 2 N–H and O–H groups in total. The van der Waals surface area contributed by atoms with Crippen molar-refractivity contribution in [3.8, 4) is 0 Å². The summed E-state index contributed by atoms with van der Waals surface area (Å²) < 4.78 is 3.70. The third kappa shape index (κ3) is 1.59. The average Bonchev–Trinajstić information content (AvgIpc) is 2.70. The van der Waals surface area contributed by atoms with Gasteiger partial charge < -0.3 is 5.73 Å². The number of nitrogens with zero attached hydrogens (tertiary/aromatic N) is 4. The molecule has 2 rings (SSSR count). The van der Waals surface area contributed by atoms with Crippen molar-refractivity contribution in [1.29, 1.82) is 0 Å². The smallest absolute Gasteiger partial charge is 0.115 e.